The Labute approximate surface area is 254 Å². The maximum Gasteiger partial charge on any atom is 0.343 e. The molecule has 4 aromatic carbocycles. The van der Waals surface area contributed by atoms with Gasteiger partial charge in [0.25, 0.3) is 5.69 Å². The van der Waals surface area contributed by atoms with Crippen LogP contribution < -0.4 is 24.3 Å². The molecule has 1 aliphatic rings. The van der Waals surface area contributed by atoms with Gasteiger partial charge in [-0.3, -0.25) is 10.1 Å². The number of carbonyl (C=O) groups is 1. The summed E-state index contributed by atoms with van der Waals surface area (Å²) < 4.78 is 36.2. The van der Waals surface area contributed by atoms with Gasteiger partial charge >= 0.3 is 5.97 Å². The zero-order valence-electron chi connectivity index (χ0n) is 24.9. The van der Waals surface area contributed by atoms with Crippen LogP contribution in [0.4, 0.5) is 15.8 Å². The van der Waals surface area contributed by atoms with Crippen molar-refractivity contribution in [2.75, 3.05) is 19.5 Å². The van der Waals surface area contributed by atoms with Crippen molar-refractivity contribution in [1.29, 1.82) is 0 Å². The van der Waals surface area contributed by atoms with Crippen LogP contribution in [0.25, 0.3) is 16.7 Å². The van der Waals surface area contributed by atoms with Crippen molar-refractivity contribution < 1.29 is 33.1 Å². The van der Waals surface area contributed by atoms with E-state index < -0.39 is 16.7 Å². The molecule has 0 aromatic heterocycles. The summed E-state index contributed by atoms with van der Waals surface area (Å²) in [4.78, 5) is 23.6. The minimum Gasteiger partial charge on any atom is -0.496 e. The van der Waals surface area contributed by atoms with Crippen molar-refractivity contribution in [3.8, 4) is 34.1 Å². The molecule has 0 radical (unpaired) electrons. The highest BCUT2D eigenvalue weighted by Gasteiger charge is 2.27. The van der Waals surface area contributed by atoms with Gasteiger partial charge in [0.2, 0.25) is 0 Å². The van der Waals surface area contributed by atoms with Gasteiger partial charge in [0.05, 0.1) is 36.3 Å². The molecule has 9 nitrogen and oxygen atoms in total. The number of carbonyl (C=O) groups excluding carboxylic acids is 1. The molecule has 44 heavy (non-hydrogen) atoms. The van der Waals surface area contributed by atoms with Crippen LogP contribution in [-0.4, -0.2) is 30.7 Å². The van der Waals surface area contributed by atoms with E-state index in [1.165, 1.54) is 56.7 Å². The summed E-state index contributed by atoms with van der Waals surface area (Å²) >= 11 is 0. The number of nitrogens with one attached hydrogen (secondary N) is 1. The summed E-state index contributed by atoms with van der Waals surface area (Å²) in [5.74, 6) is 0.184. The molecule has 1 aliphatic heterocycles. The first-order valence-electron chi connectivity index (χ1n) is 13.7. The van der Waals surface area contributed by atoms with Crippen LogP contribution in [0.1, 0.15) is 42.3 Å². The smallest absolute Gasteiger partial charge is 0.343 e. The van der Waals surface area contributed by atoms with Gasteiger partial charge in [-0.1, -0.05) is 12.1 Å². The second kappa shape index (κ2) is 12.1. The molecule has 1 N–H and O–H groups in total. The van der Waals surface area contributed by atoms with E-state index in [4.69, 9.17) is 18.9 Å². The summed E-state index contributed by atoms with van der Waals surface area (Å²) in [6, 6.07) is 18.3. The van der Waals surface area contributed by atoms with Crippen LogP contribution in [0, 0.1) is 15.9 Å². The Kier molecular flexibility index (Phi) is 8.26. The number of halogens is 1. The predicted molar refractivity (Wildman–Crippen MR) is 165 cm³/mol. The van der Waals surface area contributed by atoms with Gasteiger partial charge in [0.1, 0.15) is 23.9 Å². The molecule has 4 aromatic rings. The molecule has 1 heterocycles. The van der Waals surface area contributed by atoms with E-state index in [0.29, 0.717) is 17.1 Å². The highest BCUT2D eigenvalue weighted by molar-refractivity contribution is 5.92. The quantitative estimate of drug-likeness (QED) is 0.0899. The molecule has 0 aliphatic carbocycles. The van der Waals surface area contributed by atoms with Crippen LogP contribution in [0.3, 0.4) is 0 Å². The number of methoxy groups -OCH3 is 2. The summed E-state index contributed by atoms with van der Waals surface area (Å²) in [5.41, 5.74) is 4.97. The number of nitro benzene ring substituents is 1. The number of non-ortho nitro benzene ring substituents is 1. The molecule has 0 spiro atoms. The summed E-state index contributed by atoms with van der Waals surface area (Å²) in [6.07, 6.45) is 2.13. The van der Waals surface area contributed by atoms with Crippen molar-refractivity contribution in [2.45, 2.75) is 32.9 Å². The molecular weight excluding hydrogens is 567 g/mol. The third kappa shape index (κ3) is 6.19. The lowest BCUT2D eigenvalue weighted by molar-refractivity contribution is -0.385. The number of hydrogen-bond donors (Lipinski definition) is 1. The Morgan fingerprint density at radius 3 is 2.30 bits per heavy atom. The Balaban J connectivity index is 1.56. The van der Waals surface area contributed by atoms with Crippen LogP contribution in [0.5, 0.6) is 23.0 Å². The maximum absolute atomic E-state index is 13.3. The molecule has 10 heteroatoms. The topological polar surface area (TPSA) is 109 Å². The average Bonchev–Trinajstić information content (AvgIpc) is 2.99. The van der Waals surface area contributed by atoms with E-state index in [0.717, 1.165) is 28.0 Å². The monoisotopic (exact) mass is 598 g/mol. The largest absolute Gasteiger partial charge is 0.496 e. The van der Waals surface area contributed by atoms with Crippen LogP contribution in [0.15, 0.2) is 78.9 Å². The molecule has 0 saturated carbocycles. The fraction of sp³-hybridized carbons (Fsp3) is 0.206. The van der Waals surface area contributed by atoms with Crippen molar-refractivity contribution in [3.05, 3.63) is 111 Å². The first kappa shape index (κ1) is 30.1. The fourth-order valence-corrected chi connectivity index (χ4v) is 5.35. The van der Waals surface area contributed by atoms with E-state index in [9.17, 15) is 19.3 Å². The number of benzene rings is 4. The number of esters is 1. The Bertz CT molecular complexity index is 1780. The van der Waals surface area contributed by atoms with Gasteiger partial charge in [0, 0.05) is 34.5 Å². The van der Waals surface area contributed by atoms with Crippen molar-refractivity contribution in [3.63, 3.8) is 0 Å². The van der Waals surface area contributed by atoms with Gasteiger partial charge < -0.3 is 24.3 Å². The van der Waals surface area contributed by atoms with Gasteiger partial charge in [-0.25, -0.2) is 9.18 Å². The highest BCUT2D eigenvalue weighted by atomic mass is 19.1. The summed E-state index contributed by atoms with van der Waals surface area (Å²) in [6.45, 7) is 6.23. The zero-order chi connectivity index (χ0) is 31.6. The molecule has 5 rings (SSSR count). The Morgan fingerprint density at radius 1 is 0.909 bits per heavy atom. The number of nitrogens with zero attached hydrogens (tertiary/aromatic N) is 1. The molecule has 226 valence electrons. The van der Waals surface area contributed by atoms with Crippen molar-refractivity contribution in [1.82, 2.24) is 0 Å². The predicted octanol–water partition coefficient (Wildman–Crippen LogP) is 7.82. The molecular formula is C34H31FN2O7. The van der Waals surface area contributed by atoms with Gasteiger partial charge in [-0.2, -0.15) is 0 Å². The first-order chi connectivity index (χ1) is 21.0. The van der Waals surface area contributed by atoms with Gasteiger partial charge in [0.15, 0.2) is 11.5 Å². The minimum absolute atomic E-state index is 0.0494. The zero-order valence-corrected chi connectivity index (χ0v) is 24.9. The van der Waals surface area contributed by atoms with E-state index in [-0.39, 0.29) is 34.9 Å². The average molecular weight is 599 g/mol. The van der Waals surface area contributed by atoms with Crippen LogP contribution >= 0.6 is 0 Å². The number of hydrogen-bond acceptors (Lipinski definition) is 8. The summed E-state index contributed by atoms with van der Waals surface area (Å²) in [7, 11) is 2.99. The van der Waals surface area contributed by atoms with Gasteiger partial charge in [-0.15, -0.1) is 0 Å². The Hall–Kier alpha value is -5.38. The number of rotatable bonds is 9. The lowest BCUT2D eigenvalue weighted by Crippen LogP contribution is -2.32. The maximum atomic E-state index is 13.3. The lowest BCUT2D eigenvalue weighted by atomic mass is 9.85. The number of nitro groups is 1. The second-order valence-electron chi connectivity index (χ2n) is 10.8. The number of anilines is 1. The van der Waals surface area contributed by atoms with E-state index in [1.54, 1.807) is 18.2 Å². The minimum atomic E-state index is -0.636. The van der Waals surface area contributed by atoms with Crippen molar-refractivity contribution >= 4 is 22.9 Å². The van der Waals surface area contributed by atoms with Crippen LogP contribution in [0.2, 0.25) is 0 Å². The standard InChI is InChI=1S/C34H31FN2O7/c1-20-18-34(2,3)36-28-14-13-25(27(32(20)28)19-43-31-16-23(37(39)40)10-15-29(31)41-4)26-12-11-24(17-30(26)42-5)44-33(38)21-6-8-22(35)9-7-21/h6-18,36H,19H2,1-5H3. The third-order valence-electron chi connectivity index (χ3n) is 7.23. The van der Waals surface area contributed by atoms with E-state index >= 15 is 0 Å². The third-order valence-corrected chi connectivity index (χ3v) is 7.23. The molecule has 0 bridgehead atoms. The molecule has 0 saturated heterocycles. The van der Waals surface area contributed by atoms with E-state index in [1.807, 2.05) is 19.1 Å². The number of allylic oxidation sites excluding steroid dienone is 1. The molecule has 0 fully saturated rings. The fourth-order valence-electron chi connectivity index (χ4n) is 5.35. The number of fused-ring (bicyclic) bond motifs is 1. The normalized spacial score (nSPS) is 13.2. The van der Waals surface area contributed by atoms with Crippen molar-refractivity contribution in [2.24, 2.45) is 0 Å². The Morgan fingerprint density at radius 2 is 1.61 bits per heavy atom. The molecule has 0 unspecified atom stereocenters. The summed E-state index contributed by atoms with van der Waals surface area (Å²) in [5, 5.41) is 15.0. The molecule has 0 atom stereocenters. The molecule has 0 amide bonds. The number of ether oxygens (including phenoxy) is 4. The second-order valence-corrected chi connectivity index (χ2v) is 10.8. The highest BCUT2D eigenvalue weighted by Crippen LogP contribution is 2.44. The lowest BCUT2D eigenvalue weighted by Gasteiger charge is -2.33. The van der Waals surface area contributed by atoms with Gasteiger partial charge in [-0.05, 0) is 80.4 Å². The SMILES string of the molecule is COc1ccc([N+](=O)[O-])cc1OCc1c(-c2ccc(OC(=O)c3ccc(F)cc3)cc2OC)ccc2c1C(C)=CC(C)(C)N2. The van der Waals surface area contributed by atoms with Crippen LogP contribution in [-0.2, 0) is 6.61 Å². The van der Waals surface area contributed by atoms with E-state index in [2.05, 4.69) is 25.2 Å². The first-order valence-corrected chi connectivity index (χ1v) is 13.7.